The van der Waals surface area contributed by atoms with Crippen LogP contribution in [0.5, 0.6) is 0 Å². The number of rotatable bonds is 2. The summed E-state index contributed by atoms with van der Waals surface area (Å²) < 4.78 is 22.5. The highest BCUT2D eigenvalue weighted by Crippen LogP contribution is 1.98. The lowest BCUT2D eigenvalue weighted by molar-refractivity contribution is -0.190. The molecule has 0 spiro atoms. The highest BCUT2D eigenvalue weighted by atomic mass is 19.3. The first-order valence-corrected chi connectivity index (χ1v) is 2.18. The van der Waals surface area contributed by atoms with Crippen LogP contribution in [-0.2, 0) is 9.74 Å². The molecule has 0 rings (SSSR count). The van der Waals surface area contributed by atoms with Crippen LogP contribution in [0.15, 0.2) is 0 Å². The second-order valence-corrected chi connectivity index (χ2v) is 1.27. The van der Waals surface area contributed by atoms with Gasteiger partial charge in [0, 0.05) is 4.53 Å². The fraction of sp³-hybridized carbons (Fsp3) is 0.750. The van der Waals surface area contributed by atoms with Gasteiger partial charge in [0.2, 0.25) is 6.17 Å². The van der Waals surface area contributed by atoms with Gasteiger partial charge < -0.3 is 0 Å². The first-order chi connectivity index (χ1) is 3.72. The van der Waals surface area contributed by atoms with Gasteiger partial charge in [-0.15, -0.1) is 0 Å². The topological polar surface area (TPSA) is 26.3 Å². The summed E-state index contributed by atoms with van der Waals surface area (Å²) >= 11 is 0. The Labute approximate surface area is 45.3 Å². The zero-order valence-corrected chi connectivity index (χ0v) is 4.36. The normalized spacial score (nSPS) is 12.9. The van der Waals surface area contributed by atoms with Crippen molar-refractivity contribution in [2.45, 2.75) is 19.5 Å². The molecule has 0 bridgehead atoms. The van der Waals surface area contributed by atoms with Crippen LogP contribution in [0.25, 0.3) is 0 Å². The van der Waals surface area contributed by atoms with Crippen LogP contribution in [0.3, 0.4) is 0 Å². The van der Waals surface area contributed by atoms with Gasteiger partial charge in [0.15, 0.2) is 0 Å². The molecule has 0 aromatic carbocycles. The Morgan fingerprint density at radius 2 is 2.38 bits per heavy atom. The van der Waals surface area contributed by atoms with Gasteiger partial charge in [0.1, 0.15) is 0 Å². The molecule has 4 heteroatoms. The van der Waals surface area contributed by atoms with E-state index in [1.807, 2.05) is 0 Å². The molecule has 2 nitrogen and oxygen atoms in total. The first kappa shape index (κ1) is 7.33. The summed E-state index contributed by atoms with van der Waals surface area (Å²) in [5.41, 5.74) is 0. The molecule has 0 radical (unpaired) electrons. The first-order valence-electron chi connectivity index (χ1n) is 2.18. The fourth-order valence-corrected chi connectivity index (χ4v) is 0.215. The molecule has 1 unspecified atom stereocenters. The molecule has 48 valence electrons. The van der Waals surface area contributed by atoms with Crippen LogP contribution in [0.4, 0.5) is 8.92 Å². The third kappa shape index (κ3) is 1.86. The smallest absolute Gasteiger partial charge is 0.252 e. The lowest BCUT2D eigenvalue weighted by atomic mass is 10.3. The van der Waals surface area contributed by atoms with Crippen molar-refractivity contribution in [1.82, 2.24) is 0 Å². The number of halogens is 2. The maximum atomic E-state index is 11.8. The van der Waals surface area contributed by atoms with Crippen LogP contribution in [0.2, 0.25) is 0 Å². The van der Waals surface area contributed by atoms with Crippen molar-refractivity contribution in [3.63, 3.8) is 0 Å². The number of hydrogen-bond donors (Lipinski definition) is 0. The SMILES string of the molecule is CCC(F)C(=O)OF. The van der Waals surface area contributed by atoms with Crippen molar-refractivity contribution in [2.24, 2.45) is 0 Å². The molecule has 1 atom stereocenters. The largest absolute Gasteiger partial charge is 0.382 e. The minimum atomic E-state index is -1.82. The predicted octanol–water partition coefficient (Wildman–Crippen LogP) is 1.16. The highest BCUT2D eigenvalue weighted by Gasteiger charge is 2.16. The second-order valence-electron chi connectivity index (χ2n) is 1.27. The Morgan fingerprint density at radius 3 is 2.50 bits per heavy atom. The fourth-order valence-electron chi connectivity index (χ4n) is 0.215. The molecule has 0 saturated heterocycles. The highest BCUT2D eigenvalue weighted by molar-refractivity contribution is 5.73. The lowest BCUT2D eigenvalue weighted by Crippen LogP contribution is -2.13. The average molecular weight is 124 g/mol. The second kappa shape index (κ2) is 3.35. The minimum Gasteiger partial charge on any atom is -0.252 e. The van der Waals surface area contributed by atoms with Crippen molar-refractivity contribution in [2.75, 3.05) is 0 Å². The van der Waals surface area contributed by atoms with Gasteiger partial charge in [-0.3, -0.25) is 4.94 Å². The van der Waals surface area contributed by atoms with Gasteiger partial charge in [-0.05, 0) is 6.42 Å². The van der Waals surface area contributed by atoms with Crippen molar-refractivity contribution in [1.29, 1.82) is 0 Å². The van der Waals surface area contributed by atoms with E-state index in [4.69, 9.17) is 0 Å². The van der Waals surface area contributed by atoms with Crippen LogP contribution in [0, 0.1) is 0 Å². The zero-order chi connectivity index (χ0) is 6.57. The average Bonchev–Trinajstić information content (AvgIpc) is 1.84. The summed E-state index contributed by atoms with van der Waals surface area (Å²) in [6.45, 7) is 1.42. The number of alkyl halides is 1. The number of carbonyl (C=O) groups is 1. The van der Waals surface area contributed by atoms with E-state index in [9.17, 15) is 13.7 Å². The molecule has 0 aromatic heterocycles. The quantitative estimate of drug-likeness (QED) is 0.552. The number of carbonyl (C=O) groups excluding carboxylic acids is 1. The standard InChI is InChI=1S/C4H6F2O2/c1-2-3(5)4(7)8-6/h3H,2H2,1H3. The molecule has 8 heavy (non-hydrogen) atoms. The van der Waals surface area contributed by atoms with Crippen molar-refractivity contribution < 1.29 is 18.7 Å². The van der Waals surface area contributed by atoms with Crippen molar-refractivity contribution in [3.05, 3.63) is 0 Å². The molecule has 0 fully saturated rings. The van der Waals surface area contributed by atoms with E-state index in [0.29, 0.717) is 0 Å². The molecular weight excluding hydrogens is 118 g/mol. The van der Waals surface area contributed by atoms with E-state index in [0.717, 1.165) is 0 Å². The van der Waals surface area contributed by atoms with Crippen molar-refractivity contribution in [3.8, 4) is 0 Å². The van der Waals surface area contributed by atoms with Gasteiger partial charge in [0.25, 0.3) is 0 Å². The third-order valence-electron chi connectivity index (χ3n) is 0.690. The monoisotopic (exact) mass is 124 g/mol. The van der Waals surface area contributed by atoms with Gasteiger partial charge in [-0.1, -0.05) is 6.92 Å². The van der Waals surface area contributed by atoms with E-state index in [1.165, 1.54) is 6.92 Å². The number of hydrogen-bond acceptors (Lipinski definition) is 2. The van der Waals surface area contributed by atoms with Crippen molar-refractivity contribution >= 4 is 5.97 Å². The molecule has 0 aromatic rings. The van der Waals surface area contributed by atoms with Crippen LogP contribution < -0.4 is 0 Å². The molecule has 0 aliphatic heterocycles. The van der Waals surface area contributed by atoms with Gasteiger partial charge >= 0.3 is 5.97 Å². The Morgan fingerprint density at radius 1 is 1.88 bits per heavy atom. The van der Waals surface area contributed by atoms with E-state index in [1.54, 1.807) is 0 Å². The Hall–Kier alpha value is -0.670. The Kier molecular flexibility index (Phi) is 3.07. The van der Waals surface area contributed by atoms with Crippen LogP contribution >= 0.6 is 0 Å². The molecule has 0 aliphatic rings. The molecule has 0 aliphatic carbocycles. The Bertz CT molecular complexity index is 84.1. The summed E-state index contributed by atoms with van der Waals surface area (Å²) in [4.78, 5) is 12.4. The Balaban J connectivity index is 3.46. The van der Waals surface area contributed by atoms with Gasteiger partial charge in [-0.2, -0.15) is 0 Å². The van der Waals surface area contributed by atoms with E-state index in [-0.39, 0.29) is 6.42 Å². The van der Waals surface area contributed by atoms with Gasteiger partial charge in [0.05, 0.1) is 0 Å². The summed E-state index contributed by atoms with van der Waals surface area (Å²) in [7, 11) is 0. The van der Waals surface area contributed by atoms with Crippen LogP contribution in [0.1, 0.15) is 13.3 Å². The lowest BCUT2D eigenvalue weighted by Gasteiger charge is -1.94. The maximum Gasteiger partial charge on any atom is 0.382 e. The minimum absolute atomic E-state index is 0.0528. The predicted molar refractivity (Wildman–Crippen MR) is 22.4 cm³/mol. The van der Waals surface area contributed by atoms with Crippen LogP contribution in [-0.4, -0.2) is 12.1 Å². The summed E-state index contributed by atoms with van der Waals surface area (Å²) in [5.74, 6) is -1.45. The van der Waals surface area contributed by atoms with Gasteiger partial charge in [-0.25, -0.2) is 9.18 Å². The summed E-state index contributed by atoms with van der Waals surface area (Å²) in [5, 5.41) is 0. The molecule has 0 saturated carbocycles. The maximum absolute atomic E-state index is 11.8. The third-order valence-corrected chi connectivity index (χ3v) is 0.690. The molecule has 0 N–H and O–H groups in total. The molecule has 0 heterocycles. The van der Waals surface area contributed by atoms with E-state index >= 15 is 0 Å². The summed E-state index contributed by atoms with van der Waals surface area (Å²) in [6.07, 6.45) is -1.87. The van der Waals surface area contributed by atoms with E-state index < -0.39 is 12.1 Å². The van der Waals surface area contributed by atoms with E-state index in [2.05, 4.69) is 4.94 Å². The molecule has 0 amide bonds. The summed E-state index contributed by atoms with van der Waals surface area (Å²) in [6, 6.07) is 0. The zero-order valence-electron chi connectivity index (χ0n) is 4.36. The molecular formula is C4H6F2O2.